The third-order valence-electron chi connectivity index (χ3n) is 11.4. The summed E-state index contributed by atoms with van der Waals surface area (Å²) in [5, 5.41) is 2.25. The van der Waals surface area contributed by atoms with Crippen molar-refractivity contribution >= 4 is 39.0 Å². The van der Waals surface area contributed by atoms with Crippen LogP contribution in [0.25, 0.3) is 55.3 Å². The minimum atomic E-state index is -0.0749. The smallest absolute Gasteiger partial charge is 0.159 e. The van der Waals surface area contributed by atoms with Gasteiger partial charge in [0.1, 0.15) is 5.58 Å². The van der Waals surface area contributed by atoms with Crippen LogP contribution in [0.2, 0.25) is 0 Å². The highest BCUT2D eigenvalue weighted by Crippen LogP contribution is 2.56. The molecule has 0 radical (unpaired) electrons. The fourth-order valence-corrected chi connectivity index (χ4v) is 8.16. The molecule has 1 heterocycles. The van der Waals surface area contributed by atoms with Gasteiger partial charge in [0.15, 0.2) is 5.58 Å². The van der Waals surface area contributed by atoms with E-state index in [0.29, 0.717) is 0 Å². The monoisotopic (exact) mass is 645 g/mol. The van der Waals surface area contributed by atoms with Crippen LogP contribution in [0.1, 0.15) is 38.8 Å². The summed E-state index contributed by atoms with van der Waals surface area (Å²) in [5.41, 5.74) is 15.3. The van der Waals surface area contributed by atoms with Crippen molar-refractivity contribution in [2.45, 2.75) is 38.5 Å². The van der Waals surface area contributed by atoms with Gasteiger partial charge in [-0.2, -0.15) is 0 Å². The van der Waals surface area contributed by atoms with Gasteiger partial charge in [-0.15, -0.1) is 0 Å². The molecule has 242 valence electrons. The lowest BCUT2D eigenvalue weighted by atomic mass is 9.54. The van der Waals surface area contributed by atoms with Crippen molar-refractivity contribution in [2.24, 2.45) is 0 Å². The zero-order chi connectivity index (χ0) is 34.0. The summed E-state index contributed by atoms with van der Waals surface area (Å²) < 4.78 is 6.51. The van der Waals surface area contributed by atoms with E-state index in [4.69, 9.17) is 4.42 Å². The molecule has 1 aliphatic rings. The van der Waals surface area contributed by atoms with Gasteiger partial charge in [-0.25, -0.2) is 0 Å². The molecule has 8 aromatic rings. The molecule has 0 spiro atoms. The van der Waals surface area contributed by atoms with E-state index in [-0.39, 0.29) is 10.8 Å². The number of furan rings is 1. The topological polar surface area (TPSA) is 16.4 Å². The zero-order valence-electron chi connectivity index (χ0n) is 28.9. The van der Waals surface area contributed by atoms with Crippen LogP contribution in [-0.4, -0.2) is 0 Å². The van der Waals surface area contributed by atoms with E-state index in [1.165, 1.54) is 44.5 Å². The van der Waals surface area contributed by atoms with E-state index >= 15 is 0 Å². The molecular formula is C48H39NO. The standard InChI is InChI=1S/C48H39NO/c1-47(2)42-30-27-34(31-41(42)39-21-13-20-37(45(39)48(47,3)4)33-15-7-5-8-16-33)32-25-28-36(29-26-32)49(35-17-9-6-10-18-35)43-23-14-22-40-38-19-11-12-24-44(38)50-46(40)43/h5-31H,1-4H3. The van der Waals surface area contributed by atoms with Gasteiger partial charge in [0.2, 0.25) is 0 Å². The normalized spacial score (nSPS) is 14.3. The maximum atomic E-state index is 6.51. The summed E-state index contributed by atoms with van der Waals surface area (Å²) in [6.07, 6.45) is 0. The Labute approximate surface area is 294 Å². The summed E-state index contributed by atoms with van der Waals surface area (Å²) in [4.78, 5) is 2.30. The number of hydrogen-bond acceptors (Lipinski definition) is 2. The zero-order valence-corrected chi connectivity index (χ0v) is 28.9. The molecule has 9 rings (SSSR count). The average molecular weight is 646 g/mol. The first-order valence-electron chi connectivity index (χ1n) is 17.5. The number of para-hydroxylation sites is 3. The molecular weight excluding hydrogens is 607 g/mol. The molecule has 0 unspecified atom stereocenters. The quantitative estimate of drug-likeness (QED) is 0.185. The molecule has 0 aliphatic heterocycles. The van der Waals surface area contributed by atoms with Gasteiger partial charge in [0.05, 0.1) is 5.69 Å². The van der Waals surface area contributed by atoms with Crippen molar-refractivity contribution in [1.29, 1.82) is 0 Å². The maximum Gasteiger partial charge on any atom is 0.159 e. The Morgan fingerprint density at radius 3 is 1.84 bits per heavy atom. The second kappa shape index (κ2) is 11.4. The number of anilines is 3. The van der Waals surface area contributed by atoms with Gasteiger partial charge >= 0.3 is 0 Å². The van der Waals surface area contributed by atoms with E-state index in [1.54, 1.807) is 0 Å². The van der Waals surface area contributed by atoms with E-state index in [9.17, 15) is 0 Å². The van der Waals surface area contributed by atoms with Gasteiger partial charge in [-0.3, -0.25) is 0 Å². The summed E-state index contributed by atoms with van der Waals surface area (Å²) in [6, 6.07) is 59.0. The molecule has 7 aromatic carbocycles. The van der Waals surface area contributed by atoms with Crippen LogP contribution in [-0.2, 0) is 10.8 Å². The van der Waals surface area contributed by atoms with E-state index in [0.717, 1.165) is 39.0 Å². The highest BCUT2D eigenvalue weighted by molar-refractivity contribution is 6.10. The maximum absolute atomic E-state index is 6.51. The average Bonchev–Trinajstić information content (AvgIpc) is 3.54. The lowest BCUT2D eigenvalue weighted by molar-refractivity contribution is 0.300. The highest BCUT2D eigenvalue weighted by atomic mass is 16.3. The number of fused-ring (bicyclic) bond motifs is 6. The molecule has 0 fully saturated rings. The number of hydrogen-bond donors (Lipinski definition) is 0. The minimum absolute atomic E-state index is 0.0730. The highest BCUT2D eigenvalue weighted by Gasteiger charge is 2.47. The Balaban J connectivity index is 1.16. The van der Waals surface area contributed by atoms with Crippen molar-refractivity contribution in [3.8, 4) is 33.4 Å². The van der Waals surface area contributed by atoms with Crippen molar-refractivity contribution in [1.82, 2.24) is 0 Å². The van der Waals surface area contributed by atoms with Crippen LogP contribution in [0.15, 0.2) is 168 Å². The van der Waals surface area contributed by atoms with E-state index in [2.05, 4.69) is 184 Å². The fourth-order valence-electron chi connectivity index (χ4n) is 8.16. The molecule has 50 heavy (non-hydrogen) atoms. The number of nitrogens with zero attached hydrogens (tertiary/aromatic N) is 1. The SMILES string of the molecule is CC1(C)c2ccc(-c3ccc(N(c4ccccc4)c4cccc5c4oc4ccccc45)cc3)cc2-c2cccc(-c3ccccc3)c2C1(C)C. The van der Waals surface area contributed by atoms with Crippen molar-refractivity contribution in [3.63, 3.8) is 0 Å². The Morgan fingerprint density at radius 1 is 0.440 bits per heavy atom. The Morgan fingerprint density at radius 2 is 1.06 bits per heavy atom. The molecule has 2 heteroatoms. The fraction of sp³-hybridized carbons (Fsp3) is 0.125. The summed E-state index contributed by atoms with van der Waals surface area (Å²) in [6.45, 7) is 9.65. The lowest BCUT2D eigenvalue weighted by Crippen LogP contribution is -2.44. The van der Waals surface area contributed by atoms with Gasteiger partial charge in [-0.1, -0.05) is 149 Å². The molecule has 0 amide bonds. The van der Waals surface area contributed by atoms with E-state index < -0.39 is 0 Å². The second-order valence-corrected chi connectivity index (χ2v) is 14.6. The van der Waals surface area contributed by atoms with Crippen molar-refractivity contribution < 1.29 is 4.42 Å². The number of rotatable bonds is 5. The van der Waals surface area contributed by atoms with E-state index in [1.807, 2.05) is 12.1 Å². The molecule has 1 aromatic heterocycles. The van der Waals surface area contributed by atoms with Crippen LogP contribution >= 0.6 is 0 Å². The predicted molar refractivity (Wildman–Crippen MR) is 211 cm³/mol. The van der Waals surface area contributed by atoms with Gasteiger partial charge in [0.25, 0.3) is 0 Å². The molecule has 0 saturated carbocycles. The summed E-state index contributed by atoms with van der Waals surface area (Å²) >= 11 is 0. The van der Waals surface area contributed by atoms with Gasteiger partial charge in [0, 0.05) is 27.6 Å². The third-order valence-corrected chi connectivity index (χ3v) is 11.4. The molecule has 0 N–H and O–H groups in total. The van der Waals surface area contributed by atoms with Crippen molar-refractivity contribution in [2.75, 3.05) is 4.90 Å². The Hall–Kier alpha value is -5.86. The van der Waals surface area contributed by atoms with Gasteiger partial charge < -0.3 is 9.32 Å². The molecule has 2 nitrogen and oxygen atoms in total. The molecule has 1 aliphatic carbocycles. The predicted octanol–water partition coefficient (Wildman–Crippen LogP) is 13.6. The minimum Gasteiger partial charge on any atom is -0.454 e. The lowest BCUT2D eigenvalue weighted by Gasteiger charge is -2.49. The molecule has 0 atom stereocenters. The molecule has 0 saturated heterocycles. The first kappa shape index (κ1) is 30.2. The number of benzene rings is 7. The van der Waals surface area contributed by atoms with Crippen LogP contribution in [0.5, 0.6) is 0 Å². The summed E-state index contributed by atoms with van der Waals surface area (Å²) in [7, 11) is 0. The first-order valence-corrected chi connectivity index (χ1v) is 17.5. The van der Waals surface area contributed by atoms with Crippen LogP contribution < -0.4 is 4.90 Å². The largest absolute Gasteiger partial charge is 0.454 e. The van der Waals surface area contributed by atoms with Crippen molar-refractivity contribution in [3.05, 3.63) is 175 Å². The summed E-state index contributed by atoms with van der Waals surface area (Å²) in [5.74, 6) is 0. The Bertz CT molecular complexity index is 2520. The third kappa shape index (κ3) is 4.55. The van der Waals surface area contributed by atoms with Gasteiger partial charge in [-0.05, 0) is 92.4 Å². The molecule has 0 bridgehead atoms. The van der Waals surface area contributed by atoms with Crippen LogP contribution in [0, 0.1) is 0 Å². The Kier molecular flexibility index (Phi) is 6.86. The van der Waals surface area contributed by atoms with Crippen LogP contribution in [0.3, 0.4) is 0 Å². The second-order valence-electron chi connectivity index (χ2n) is 14.6. The first-order chi connectivity index (χ1) is 24.3. The van der Waals surface area contributed by atoms with Crippen LogP contribution in [0.4, 0.5) is 17.1 Å².